The molecule has 0 radical (unpaired) electrons. The smallest absolute Gasteiger partial charge is 0.418 e. The first kappa shape index (κ1) is 20.8. The number of hydrogen-bond acceptors (Lipinski definition) is 5. The molecule has 0 saturated heterocycles. The summed E-state index contributed by atoms with van der Waals surface area (Å²) in [6.45, 7) is 1.82. The fourth-order valence-corrected chi connectivity index (χ4v) is 3.59. The fraction of sp³-hybridized carbons (Fsp3) is 0.474. The van der Waals surface area contributed by atoms with Gasteiger partial charge in [-0.05, 0) is 37.8 Å². The molecule has 29 heavy (non-hydrogen) atoms. The van der Waals surface area contributed by atoms with Crippen molar-refractivity contribution in [1.29, 1.82) is 0 Å². The van der Waals surface area contributed by atoms with Gasteiger partial charge in [-0.2, -0.15) is 13.2 Å². The van der Waals surface area contributed by atoms with Crippen molar-refractivity contribution in [3.8, 4) is 17.3 Å². The van der Waals surface area contributed by atoms with E-state index in [2.05, 4.69) is 20.3 Å². The molecule has 1 aliphatic rings. The van der Waals surface area contributed by atoms with E-state index in [1.54, 1.807) is 0 Å². The van der Waals surface area contributed by atoms with Gasteiger partial charge in [-0.25, -0.2) is 4.98 Å². The summed E-state index contributed by atoms with van der Waals surface area (Å²) in [5, 5.41) is 12.7. The Morgan fingerprint density at radius 3 is 2.66 bits per heavy atom. The number of hydrogen-bond donors (Lipinski definition) is 3. The van der Waals surface area contributed by atoms with Crippen molar-refractivity contribution in [2.24, 2.45) is 5.92 Å². The van der Waals surface area contributed by atoms with Crippen molar-refractivity contribution in [3.05, 3.63) is 39.9 Å². The molecule has 1 saturated carbocycles. The van der Waals surface area contributed by atoms with Gasteiger partial charge in [-0.3, -0.25) is 14.6 Å². The van der Waals surface area contributed by atoms with Gasteiger partial charge >= 0.3 is 6.18 Å². The quantitative estimate of drug-likeness (QED) is 0.717. The maximum atomic E-state index is 13.3. The van der Waals surface area contributed by atoms with Gasteiger partial charge in [0.25, 0.3) is 11.5 Å². The van der Waals surface area contributed by atoms with Crippen LogP contribution in [0.25, 0.3) is 11.5 Å². The number of halogens is 3. The lowest BCUT2D eigenvalue weighted by Crippen LogP contribution is -2.39. The highest BCUT2D eigenvalue weighted by Crippen LogP contribution is 2.34. The van der Waals surface area contributed by atoms with E-state index < -0.39 is 46.2 Å². The summed E-state index contributed by atoms with van der Waals surface area (Å²) in [5.74, 6) is -2.07. The number of aromatic amines is 1. The van der Waals surface area contributed by atoms with Crippen molar-refractivity contribution < 1.29 is 23.1 Å². The number of carbonyl (C=O) groups excluding carboxylic acids is 1. The lowest BCUT2D eigenvalue weighted by atomic mass is 9.84. The molecule has 156 valence electrons. The number of rotatable bonds is 4. The monoisotopic (exact) mass is 410 g/mol. The molecule has 1 atom stereocenters. The maximum absolute atomic E-state index is 13.3. The largest absolute Gasteiger partial charge is 0.501 e. The molecule has 2 aromatic heterocycles. The van der Waals surface area contributed by atoms with Crippen molar-refractivity contribution >= 4 is 5.91 Å². The number of carbonyl (C=O) groups is 1. The van der Waals surface area contributed by atoms with Gasteiger partial charge < -0.3 is 15.4 Å². The average Bonchev–Trinajstić information content (AvgIpc) is 2.69. The van der Waals surface area contributed by atoms with E-state index in [1.165, 1.54) is 0 Å². The average molecular weight is 410 g/mol. The molecule has 1 fully saturated rings. The number of nitrogens with one attached hydrogen (secondary N) is 2. The SMILES string of the molecule is CC(NC(=O)c1nc(-c2ncccc2C(F)(F)F)[nH]c(=O)c1O)C1CCCCC1. The predicted molar refractivity (Wildman–Crippen MR) is 98.3 cm³/mol. The molecule has 1 unspecified atom stereocenters. The van der Waals surface area contributed by atoms with E-state index in [9.17, 15) is 27.9 Å². The third kappa shape index (κ3) is 4.57. The van der Waals surface area contributed by atoms with Crippen LogP contribution in [-0.2, 0) is 6.18 Å². The van der Waals surface area contributed by atoms with Crippen LogP contribution in [0.5, 0.6) is 5.75 Å². The first-order chi connectivity index (χ1) is 13.7. The van der Waals surface area contributed by atoms with E-state index in [0.717, 1.165) is 50.4 Å². The Kier molecular flexibility index (Phi) is 5.90. The zero-order valence-electron chi connectivity index (χ0n) is 15.7. The van der Waals surface area contributed by atoms with E-state index in [4.69, 9.17) is 0 Å². The third-order valence-electron chi connectivity index (χ3n) is 5.16. The van der Waals surface area contributed by atoms with Crippen LogP contribution in [0.15, 0.2) is 23.1 Å². The van der Waals surface area contributed by atoms with E-state index >= 15 is 0 Å². The van der Waals surface area contributed by atoms with Gasteiger partial charge in [0.2, 0.25) is 5.75 Å². The van der Waals surface area contributed by atoms with Crippen LogP contribution in [0.3, 0.4) is 0 Å². The van der Waals surface area contributed by atoms with Gasteiger partial charge in [-0.15, -0.1) is 0 Å². The molecule has 1 aliphatic carbocycles. The molecular weight excluding hydrogens is 389 g/mol. The molecule has 10 heteroatoms. The van der Waals surface area contributed by atoms with Crippen LogP contribution in [-0.4, -0.2) is 32.0 Å². The minimum absolute atomic E-state index is 0.229. The van der Waals surface area contributed by atoms with Gasteiger partial charge in [0.05, 0.1) is 5.56 Å². The molecule has 3 N–H and O–H groups in total. The molecule has 2 aromatic rings. The van der Waals surface area contributed by atoms with Crippen molar-refractivity contribution in [3.63, 3.8) is 0 Å². The van der Waals surface area contributed by atoms with Gasteiger partial charge in [0.1, 0.15) is 5.69 Å². The van der Waals surface area contributed by atoms with Gasteiger partial charge in [-0.1, -0.05) is 19.3 Å². The zero-order valence-corrected chi connectivity index (χ0v) is 15.7. The minimum Gasteiger partial charge on any atom is -0.501 e. The number of pyridine rings is 1. The van der Waals surface area contributed by atoms with Crippen LogP contribution >= 0.6 is 0 Å². The van der Waals surface area contributed by atoms with E-state index in [1.807, 2.05) is 6.92 Å². The summed E-state index contributed by atoms with van der Waals surface area (Å²) in [4.78, 5) is 34.2. The molecular formula is C19H21F3N4O3. The minimum atomic E-state index is -4.74. The Morgan fingerprint density at radius 1 is 1.31 bits per heavy atom. The second kappa shape index (κ2) is 8.22. The molecule has 0 aromatic carbocycles. The fourth-order valence-electron chi connectivity index (χ4n) is 3.59. The first-order valence-corrected chi connectivity index (χ1v) is 9.35. The summed E-state index contributed by atoms with van der Waals surface area (Å²) in [6.07, 6.45) is 1.53. The molecule has 3 rings (SSSR count). The molecule has 0 spiro atoms. The number of aromatic hydroxyl groups is 1. The van der Waals surface area contributed by atoms with E-state index in [0.29, 0.717) is 0 Å². The van der Waals surface area contributed by atoms with Gasteiger partial charge in [0, 0.05) is 12.2 Å². The first-order valence-electron chi connectivity index (χ1n) is 9.35. The van der Waals surface area contributed by atoms with Crippen molar-refractivity contribution in [1.82, 2.24) is 20.3 Å². The Hall–Kier alpha value is -2.91. The summed E-state index contributed by atoms with van der Waals surface area (Å²) in [7, 11) is 0. The second-order valence-electron chi connectivity index (χ2n) is 7.17. The number of nitrogens with zero attached hydrogens (tertiary/aromatic N) is 2. The Bertz CT molecular complexity index is 952. The van der Waals surface area contributed by atoms with Crippen LogP contribution in [0.2, 0.25) is 0 Å². The van der Waals surface area contributed by atoms with E-state index in [-0.39, 0.29) is 12.0 Å². The number of alkyl halides is 3. The summed E-state index contributed by atoms with van der Waals surface area (Å²) in [5.41, 5.74) is -3.50. The van der Waals surface area contributed by atoms with Crippen LogP contribution in [0.4, 0.5) is 13.2 Å². The summed E-state index contributed by atoms with van der Waals surface area (Å²) in [6, 6.07) is 1.66. The topological polar surface area (TPSA) is 108 Å². The molecule has 7 nitrogen and oxygen atoms in total. The third-order valence-corrected chi connectivity index (χ3v) is 5.16. The molecule has 1 amide bonds. The van der Waals surface area contributed by atoms with Crippen molar-refractivity contribution in [2.45, 2.75) is 51.2 Å². The predicted octanol–water partition coefficient (Wildman–Crippen LogP) is 3.25. The number of aromatic nitrogens is 3. The Labute approximate surface area is 164 Å². The maximum Gasteiger partial charge on any atom is 0.418 e. The number of H-pyrrole nitrogens is 1. The highest BCUT2D eigenvalue weighted by molar-refractivity contribution is 5.95. The molecule has 2 heterocycles. The Balaban J connectivity index is 1.95. The van der Waals surface area contributed by atoms with Crippen LogP contribution in [0.1, 0.15) is 55.1 Å². The summed E-state index contributed by atoms with van der Waals surface area (Å²) < 4.78 is 39.8. The lowest BCUT2D eigenvalue weighted by Gasteiger charge is -2.28. The lowest BCUT2D eigenvalue weighted by molar-refractivity contribution is -0.137. The molecule has 0 bridgehead atoms. The zero-order chi connectivity index (χ0) is 21.2. The Morgan fingerprint density at radius 2 is 2.00 bits per heavy atom. The standard InChI is InChI=1S/C19H21F3N4O3/c1-10(11-6-3-2-4-7-11)24-17(28)14-15(27)18(29)26-16(25-14)13-12(19(20,21)22)8-5-9-23-13/h5,8-11,27H,2-4,6-7H2,1H3,(H,24,28)(H,25,26,29). The van der Waals surface area contributed by atoms with Crippen molar-refractivity contribution in [2.75, 3.05) is 0 Å². The van der Waals surface area contributed by atoms with Crippen LogP contribution < -0.4 is 10.9 Å². The number of amides is 1. The van der Waals surface area contributed by atoms with Gasteiger partial charge in [0.15, 0.2) is 11.5 Å². The molecule has 0 aliphatic heterocycles. The normalized spacial score (nSPS) is 16.4. The highest BCUT2D eigenvalue weighted by Gasteiger charge is 2.35. The second-order valence-corrected chi connectivity index (χ2v) is 7.17. The highest BCUT2D eigenvalue weighted by atomic mass is 19.4. The van der Waals surface area contributed by atoms with Crippen LogP contribution in [0, 0.1) is 5.92 Å². The summed E-state index contributed by atoms with van der Waals surface area (Å²) >= 11 is 0.